The van der Waals surface area contributed by atoms with Crippen LogP contribution in [0.4, 0.5) is 0 Å². The predicted octanol–water partition coefficient (Wildman–Crippen LogP) is 13.7. The fourth-order valence-electron chi connectivity index (χ4n) is 7.32. The van der Waals surface area contributed by atoms with E-state index in [-0.39, 0.29) is 36.6 Å². The van der Waals surface area contributed by atoms with Crippen LogP contribution in [0, 0.1) is 0 Å². The van der Waals surface area contributed by atoms with Gasteiger partial charge in [-0.15, -0.1) is 0 Å². The normalized spacial score (nSPS) is 17.7. The molecule has 0 radical (unpaired) electrons. The third-order valence-electron chi connectivity index (χ3n) is 11.4. The molecule has 0 aromatic heterocycles. The zero-order valence-electron chi connectivity index (χ0n) is 54.2. The van der Waals surface area contributed by atoms with Crippen LogP contribution in [-0.2, 0) is 53.1 Å². The quantitative estimate of drug-likeness (QED) is 0.0757. The Hall–Kier alpha value is -1.17. The van der Waals surface area contributed by atoms with Gasteiger partial charge in [0.25, 0.3) is 0 Å². The second kappa shape index (κ2) is 29.7. The van der Waals surface area contributed by atoms with Crippen LogP contribution in [0.2, 0.25) is 0 Å². The minimum absolute atomic E-state index is 0.0131. The maximum absolute atomic E-state index is 6.74. The van der Waals surface area contributed by atoms with Crippen molar-refractivity contribution < 1.29 is 53.1 Å². The van der Waals surface area contributed by atoms with Gasteiger partial charge < -0.3 is 53.1 Å². The molecule has 76 heavy (non-hydrogen) atoms. The first-order valence-electron chi connectivity index (χ1n) is 28.9. The van der Waals surface area contributed by atoms with E-state index in [0.717, 1.165) is 59.3 Å². The molecule has 16 heteroatoms. The molecule has 2 aromatic carbocycles. The van der Waals surface area contributed by atoms with Gasteiger partial charge in [-0.1, -0.05) is 90.1 Å². The topological polar surface area (TPSA) is 111 Å². The van der Waals surface area contributed by atoms with Gasteiger partial charge in [0.15, 0.2) is 0 Å². The van der Waals surface area contributed by atoms with E-state index in [2.05, 4.69) is 107 Å². The summed E-state index contributed by atoms with van der Waals surface area (Å²) in [5.74, 6) is 0. The highest BCUT2D eigenvalue weighted by Gasteiger charge is 2.56. The molecule has 0 amide bonds. The Kier molecular flexibility index (Phi) is 28.5. The van der Waals surface area contributed by atoms with Crippen molar-refractivity contribution in [3.63, 3.8) is 0 Å². The molecule has 6 unspecified atom stereocenters. The number of hydrogen-bond acceptors (Lipinski definition) is 12. The molecule has 0 fully saturated rings. The number of rotatable bonds is 28. The van der Waals surface area contributed by atoms with Gasteiger partial charge >= 0.3 is 35.2 Å². The lowest BCUT2D eigenvalue weighted by atomic mass is 10.2. The minimum atomic E-state index is -3.41. The smallest absolute Gasteiger partial charge is 0.367 e. The van der Waals surface area contributed by atoms with E-state index in [1.165, 1.54) is 0 Å². The highest BCUT2D eigenvalue weighted by Crippen LogP contribution is 2.32. The summed E-state index contributed by atoms with van der Waals surface area (Å²) in [6.45, 7) is 61.9. The fraction of sp³-hybridized carbons (Fsp3) is 0.800. The Labute approximate surface area is 471 Å². The van der Waals surface area contributed by atoms with Gasteiger partial charge in [-0.3, -0.25) is 0 Å². The summed E-state index contributed by atoms with van der Waals surface area (Å²) < 4.78 is 80.7. The Bertz CT molecular complexity index is 1640. The fourth-order valence-corrected chi connectivity index (χ4v) is 20.7. The summed E-state index contributed by atoms with van der Waals surface area (Å²) in [5.41, 5.74) is -2.92. The van der Waals surface area contributed by atoms with Crippen LogP contribution in [0.5, 0.6) is 0 Å². The van der Waals surface area contributed by atoms with Gasteiger partial charge in [-0.25, -0.2) is 0 Å². The highest BCUT2D eigenvalue weighted by atomic mass is 28.4. The Morgan fingerprint density at radius 2 is 0.368 bits per heavy atom. The van der Waals surface area contributed by atoms with Crippen LogP contribution in [0.3, 0.4) is 0 Å². The van der Waals surface area contributed by atoms with Crippen LogP contribution in [0.1, 0.15) is 246 Å². The Morgan fingerprint density at radius 3 is 0.474 bits per heavy atom. The molecular formula is C60H116O12Si4. The van der Waals surface area contributed by atoms with Crippen molar-refractivity contribution in [1.82, 2.24) is 0 Å². The summed E-state index contributed by atoms with van der Waals surface area (Å²) >= 11 is 0. The summed E-state index contributed by atoms with van der Waals surface area (Å²) in [6.07, 6.45) is 5.36. The standard InChI is InChI=1S/2C30H58O6Si2/c1-25(2,3)31-37(32-26(4,5)6,33-27(7,8)9)23-19-21-24(22-20-23)38(34-28(10,11)12,35-29(13,14)15)36-30(16,17)18;1-13-23(7)31-37(32-24(8)14-2,33-25(9)15-3)29-19-21-30(22-20-29)38(34-26(10)16-4,35-27(11)17-5)36-28(12)18-6/h19-22H,1-18H3;19-28H,13-18H2,1-12H3. The minimum Gasteiger partial charge on any atom is -0.367 e. The lowest BCUT2D eigenvalue weighted by molar-refractivity contribution is -0.0675. The highest BCUT2D eigenvalue weighted by molar-refractivity contribution is 6.78. The maximum atomic E-state index is 6.74. The molecule has 0 spiro atoms. The molecule has 0 aliphatic carbocycles. The summed E-state index contributed by atoms with van der Waals surface area (Å²) in [7, 11) is -13.3. The average molecular weight is 1140 g/mol. The SMILES string of the molecule is CC(C)(C)O[Si](OC(C)(C)C)(OC(C)(C)C)c1ccc([Si](OC(C)(C)C)(OC(C)(C)C)OC(C)(C)C)cc1.CCC(C)O[Si](OC(C)CC)(OC(C)CC)c1ccc([Si](OC(C)CC)(OC(C)CC)OC(C)CC)cc1. The van der Waals surface area contributed by atoms with Gasteiger partial charge in [0, 0.05) is 57.4 Å². The van der Waals surface area contributed by atoms with Crippen molar-refractivity contribution in [3.05, 3.63) is 48.5 Å². The molecule has 0 aliphatic heterocycles. The van der Waals surface area contributed by atoms with E-state index in [1.807, 2.05) is 149 Å². The van der Waals surface area contributed by atoms with E-state index >= 15 is 0 Å². The van der Waals surface area contributed by atoms with Gasteiger partial charge in [0.1, 0.15) is 0 Å². The van der Waals surface area contributed by atoms with Crippen molar-refractivity contribution in [1.29, 1.82) is 0 Å². The number of hydrogen-bond donors (Lipinski definition) is 0. The molecule has 0 N–H and O–H groups in total. The molecule has 444 valence electrons. The lowest BCUT2D eigenvalue weighted by Crippen LogP contribution is -2.66. The van der Waals surface area contributed by atoms with Gasteiger partial charge in [0.05, 0.1) is 33.6 Å². The lowest BCUT2D eigenvalue weighted by Gasteiger charge is -2.44. The summed E-state index contributed by atoms with van der Waals surface area (Å²) in [4.78, 5) is 0. The van der Waals surface area contributed by atoms with E-state index < -0.39 is 68.8 Å². The van der Waals surface area contributed by atoms with Crippen molar-refractivity contribution in [2.75, 3.05) is 0 Å². The van der Waals surface area contributed by atoms with Gasteiger partial charge in [-0.05, 0) is 205 Å². The molecule has 0 aliphatic rings. The average Bonchev–Trinajstić information content (AvgIpc) is 3.25. The van der Waals surface area contributed by atoms with E-state index in [4.69, 9.17) is 53.1 Å². The zero-order chi connectivity index (χ0) is 59.2. The second-order valence-corrected chi connectivity index (χ2v) is 36.1. The molecule has 0 saturated heterocycles. The molecule has 2 rings (SSSR count). The monoisotopic (exact) mass is 1140 g/mol. The van der Waals surface area contributed by atoms with Crippen LogP contribution in [0.25, 0.3) is 0 Å². The van der Waals surface area contributed by atoms with Gasteiger partial charge in [0.2, 0.25) is 0 Å². The van der Waals surface area contributed by atoms with Crippen molar-refractivity contribution in [2.45, 2.75) is 316 Å². The van der Waals surface area contributed by atoms with Gasteiger partial charge in [-0.2, -0.15) is 0 Å². The van der Waals surface area contributed by atoms with Crippen molar-refractivity contribution >= 4 is 56.0 Å². The largest absolute Gasteiger partial charge is 0.538 e. The Balaban J connectivity index is 0.000000760. The third-order valence-corrected chi connectivity index (χ3v) is 25.1. The van der Waals surface area contributed by atoms with Crippen LogP contribution < -0.4 is 20.7 Å². The summed E-state index contributed by atoms with van der Waals surface area (Å²) in [5, 5.41) is 3.68. The molecule has 2 aromatic rings. The van der Waals surface area contributed by atoms with Crippen molar-refractivity contribution in [3.8, 4) is 0 Å². The van der Waals surface area contributed by atoms with E-state index in [1.54, 1.807) is 0 Å². The van der Waals surface area contributed by atoms with E-state index in [9.17, 15) is 0 Å². The maximum Gasteiger partial charge on any atom is 0.538 e. The first kappa shape index (κ1) is 72.8. The predicted molar refractivity (Wildman–Crippen MR) is 324 cm³/mol. The first-order valence-corrected chi connectivity index (χ1v) is 35.8. The van der Waals surface area contributed by atoms with Crippen molar-refractivity contribution in [2.24, 2.45) is 0 Å². The second-order valence-electron chi connectivity index (χ2n) is 26.7. The molecule has 0 saturated carbocycles. The van der Waals surface area contributed by atoms with Crippen LogP contribution in [-0.4, -0.2) is 105 Å². The molecule has 12 nitrogen and oxygen atoms in total. The first-order chi connectivity index (χ1) is 34.4. The molecular weight excluding hydrogens is 1020 g/mol. The molecule has 0 heterocycles. The Morgan fingerprint density at radius 1 is 0.250 bits per heavy atom. The summed E-state index contributed by atoms with van der Waals surface area (Å²) in [6, 6.07) is 16.5. The third kappa shape index (κ3) is 25.7. The molecule has 6 atom stereocenters. The van der Waals surface area contributed by atoms with Crippen LogP contribution >= 0.6 is 0 Å². The number of benzene rings is 2. The zero-order valence-corrected chi connectivity index (χ0v) is 58.2. The van der Waals surface area contributed by atoms with Crippen LogP contribution in [0.15, 0.2) is 48.5 Å². The van der Waals surface area contributed by atoms with E-state index in [0.29, 0.717) is 0 Å². The molecule has 0 bridgehead atoms.